The van der Waals surface area contributed by atoms with Gasteiger partial charge in [0.15, 0.2) is 5.82 Å². The number of hydrogen-bond acceptors (Lipinski definition) is 8. The number of anilines is 6. The molecule has 1 aromatic heterocycles. The second kappa shape index (κ2) is 9.89. The highest BCUT2D eigenvalue weighted by atomic mass is 16.5. The summed E-state index contributed by atoms with van der Waals surface area (Å²) in [6.07, 6.45) is 6.17. The van der Waals surface area contributed by atoms with Crippen molar-refractivity contribution in [2.75, 3.05) is 60.8 Å². The van der Waals surface area contributed by atoms with Crippen molar-refractivity contribution in [1.29, 1.82) is 0 Å². The molecule has 1 aliphatic carbocycles. The van der Waals surface area contributed by atoms with Crippen LogP contribution in [0.2, 0.25) is 0 Å². The molecule has 3 aliphatic rings. The molecule has 3 heterocycles. The van der Waals surface area contributed by atoms with Crippen LogP contribution in [0.25, 0.3) is 0 Å². The highest BCUT2D eigenvalue weighted by molar-refractivity contribution is 6.12. The molecule has 0 radical (unpaired) electrons. The summed E-state index contributed by atoms with van der Waals surface area (Å²) in [6.45, 7) is 4.07. The molecule has 2 aromatic carbocycles. The Kier molecular flexibility index (Phi) is 6.30. The molecule has 9 heteroatoms. The Balaban J connectivity index is 1.33. The quantitative estimate of drug-likeness (QED) is 0.526. The van der Waals surface area contributed by atoms with E-state index in [-0.39, 0.29) is 11.9 Å². The number of methoxy groups -OCH3 is 1. The lowest BCUT2D eigenvalue weighted by Gasteiger charge is -2.34. The molecule has 2 N–H and O–H groups in total. The third kappa shape index (κ3) is 4.55. The number of nitrogens with zero attached hydrogens (tertiary/aromatic N) is 5. The van der Waals surface area contributed by atoms with Gasteiger partial charge in [-0.3, -0.25) is 4.79 Å². The molecule has 0 atom stereocenters. The Morgan fingerprint density at radius 2 is 1.84 bits per heavy atom. The molecule has 9 nitrogen and oxygen atoms in total. The second-order valence-corrected chi connectivity index (χ2v) is 10.0. The zero-order valence-corrected chi connectivity index (χ0v) is 21.4. The van der Waals surface area contributed by atoms with Gasteiger partial charge in [0.2, 0.25) is 5.95 Å². The first-order valence-corrected chi connectivity index (χ1v) is 13.1. The number of aromatic nitrogens is 2. The Morgan fingerprint density at radius 1 is 1.05 bits per heavy atom. The largest absolute Gasteiger partial charge is 0.494 e. The Hall–Kier alpha value is -3.85. The van der Waals surface area contributed by atoms with Gasteiger partial charge in [0, 0.05) is 44.0 Å². The van der Waals surface area contributed by atoms with Crippen LogP contribution in [0.15, 0.2) is 48.7 Å². The van der Waals surface area contributed by atoms with Crippen LogP contribution < -0.4 is 25.2 Å². The number of ether oxygens (including phenoxy) is 1. The SMILES string of the molecule is COc1cc(N2CCN(C)CC2)ccc1Nc1ncc2c(n1)N(C1CCCC1)c1ccccc1C(=O)N2. The van der Waals surface area contributed by atoms with Crippen molar-refractivity contribution in [1.82, 2.24) is 14.9 Å². The van der Waals surface area contributed by atoms with E-state index in [0.29, 0.717) is 17.2 Å². The van der Waals surface area contributed by atoms with Crippen LogP contribution in [0, 0.1) is 0 Å². The number of nitrogens with one attached hydrogen (secondary N) is 2. The monoisotopic (exact) mass is 499 g/mol. The van der Waals surface area contributed by atoms with E-state index in [1.807, 2.05) is 30.3 Å². The fourth-order valence-electron chi connectivity index (χ4n) is 5.58. The Labute approximate surface area is 217 Å². The van der Waals surface area contributed by atoms with Gasteiger partial charge in [-0.2, -0.15) is 4.98 Å². The topological polar surface area (TPSA) is 85.9 Å². The molecule has 0 unspecified atom stereocenters. The maximum Gasteiger partial charge on any atom is 0.257 e. The number of benzene rings is 2. The minimum atomic E-state index is -0.136. The third-order valence-corrected chi connectivity index (χ3v) is 7.64. The summed E-state index contributed by atoms with van der Waals surface area (Å²) in [4.78, 5) is 29.5. The van der Waals surface area contributed by atoms with Crippen LogP contribution in [0.3, 0.4) is 0 Å². The van der Waals surface area contributed by atoms with E-state index in [1.165, 1.54) is 12.8 Å². The van der Waals surface area contributed by atoms with E-state index in [0.717, 1.165) is 67.7 Å². The molecule has 6 rings (SSSR count). The minimum Gasteiger partial charge on any atom is -0.494 e. The predicted octanol–water partition coefficient (Wildman–Crippen LogP) is 4.63. The number of carbonyl (C=O) groups is 1. The minimum absolute atomic E-state index is 0.136. The van der Waals surface area contributed by atoms with Crippen LogP contribution in [0.1, 0.15) is 36.0 Å². The van der Waals surface area contributed by atoms with Gasteiger partial charge in [-0.1, -0.05) is 25.0 Å². The molecule has 0 bridgehead atoms. The lowest BCUT2D eigenvalue weighted by Crippen LogP contribution is -2.44. The summed E-state index contributed by atoms with van der Waals surface area (Å²) in [5.74, 6) is 1.78. The smallest absolute Gasteiger partial charge is 0.257 e. The summed E-state index contributed by atoms with van der Waals surface area (Å²) in [5.41, 5.74) is 4.11. The standard InChI is InChI=1S/C28H33N7O2/c1-33-13-15-34(16-14-33)20-11-12-22(25(17-20)37-2)31-28-29-18-23-26(32-28)35(19-7-3-4-8-19)24-10-6-5-9-21(24)27(36)30-23/h5-6,9-12,17-19H,3-4,7-8,13-16H2,1-2H3,(H,30,36)(H,29,31,32). The van der Waals surface area contributed by atoms with E-state index in [1.54, 1.807) is 13.3 Å². The summed E-state index contributed by atoms with van der Waals surface area (Å²) in [5, 5.41) is 6.39. The number of amides is 1. The average molecular weight is 500 g/mol. The van der Waals surface area contributed by atoms with Crippen LogP contribution >= 0.6 is 0 Å². The molecule has 1 amide bonds. The third-order valence-electron chi connectivity index (χ3n) is 7.64. The molecule has 3 aromatic rings. The molecular weight excluding hydrogens is 466 g/mol. The van der Waals surface area contributed by atoms with E-state index in [2.05, 4.69) is 49.5 Å². The van der Waals surface area contributed by atoms with Gasteiger partial charge in [0.25, 0.3) is 5.91 Å². The van der Waals surface area contributed by atoms with Crippen molar-refractivity contribution < 1.29 is 9.53 Å². The van der Waals surface area contributed by atoms with Crippen molar-refractivity contribution in [3.63, 3.8) is 0 Å². The average Bonchev–Trinajstić information content (AvgIpc) is 3.42. The predicted molar refractivity (Wildman–Crippen MR) is 147 cm³/mol. The first-order chi connectivity index (χ1) is 18.1. The number of carbonyl (C=O) groups excluding carboxylic acids is 1. The maximum absolute atomic E-state index is 13.0. The summed E-state index contributed by atoms with van der Waals surface area (Å²) < 4.78 is 5.74. The summed E-state index contributed by atoms with van der Waals surface area (Å²) in [7, 11) is 3.84. The lowest BCUT2D eigenvalue weighted by atomic mass is 10.1. The van der Waals surface area contributed by atoms with E-state index >= 15 is 0 Å². The highest BCUT2D eigenvalue weighted by Gasteiger charge is 2.33. The summed E-state index contributed by atoms with van der Waals surface area (Å²) >= 11 is 0. The Morgan fingerprint density at radius 3 is 2.62 bits per heavy atom. The fraction of sp³-hybridized carbons (Fsp3) is 0.393. The van der Waals surface area contributed by atoms with Crippen molar-refractivity contribution in [2.24, 2.45) is 0 Å². The van der Waals surface area contributed by atoms with Crippen LogP contribution in [0.5, 0.6) is 5.75 Å². The van der Waals surface area contributed by atoms with Crippen molar-refractivity contribution >= 4 is 40.4 Å². The molecule has 2 fully saturated rings. The van der Waals surface area contributed by atoms with Crippen molar-refractivity contribution in [3.8, 4) is 5.75 Å². The zero-order chi connectivity index (χ0) is 25.4. The van der Waals surface area contributed by atoms with Gasteiger partial charge >= 0.3 is 0 Å². The zero-order valence-electron chi connectivity index (χ0n) is 21.4. The first-order valence-electron chi connectivity index (χ1n) is 13.1. The van der Waals surface area contributed by atoms with Crippen molar-refractivity contribution in [2.45, 2.75) is 31.7 Å². The number of likely N-dealkylation sites (N-methyl/N-ethyl adjacent to an activating group) is 1. The highest BCUT2D eigenvalue weighted by Crippen LogP contribution is 2.42. The fourth-order valence-corrected chi connectivity index (χ4v) is 5.58. The van der Waals surface area contributed by atoms with Crippen LogP contribution in [0.4, 0.5) is 34.5 Å². The molecule has 2 aliphatic heterocycles. The Bertz CT molecular complexity index is 1300. The van der Waals surface area contributed by atoms with Gasteiger partial charge in [-0.05, 0) is 44.2 Å². The van der Waals surface area contributed by atoms with E-state index in [9.17, 15) is 4.79 Å². The van der Waals surface area contributed by atoms with Crippen molar-refractivity contribution in [3.05, 3.63) is 54.2 Å². The number of hydrogen-bond donors (Lipinski definition) is 2. The van der Waals surface area contributed by atoms with Gasteiger partial charge in [-0.25, -0.2) is 4.98 Å². The molecule has 0 spiro atoms. The molecular formula is C28H33N7O2. The molecule has 1 saturated carbocycles. The van der Waals surface area contributed by atoms with E-state index in [4.69, 9.17) is 9.72 Å². The lowest BCUT2D eigenvalue weighted by molar-refractivity contribution is 0.102. The van der Waals surface area contributed by atoms with Crippen LogP contribution in [-0.2, 0) is 0 Å². The van der Waals surface area contributed by atoms with Gasteiger partial charge in [-0.15, -0.1) is 0 Å². The number of fused-ring (bicyclic) bond motifs is 2. The normalized spacial score (nSPS) is 18.2. The van der Waals surface area contributed by atoms with Gasteiger partial charge < -0.3 is 30.1 Å². The number of para-hydroxylation sites is 1. The first kappa shape index (κ1) is 23.5. The molecule has 192 valence electrons. The second-order valence-electron chi connectivity index (χ2n) is 10.0. The molecule has 1 saturated heterocycles. The number of piperazine rings is 1. The van der Waals surface area contributed by atoms with Gasteiger partial charge in [0.1, 0.15) is 11.4 Å². The van der Waals surface area contributed by atoms with Gasteiger partial charge in [0.05, 0.1) is 30.2 Å². The maximum atomic E-state index is 13.0. The summed E-state index contributed by atoms with van der Waals surface area (Å²) in [6, 6.07) is 14.2. The van der Waals surface area contributed by atoms with E-state index < -0.39 is 0 Å². The van der Waals surface area contributed by atoms with Crippen LogP contribution in [-0.4, -0.2) is 67.2 Å². The number of rotatable bonds is 5. The molecule has 37 heavy (non-hydrogen) atoms.